The van der Waals surface area contributed by atoms with E-state index >= 15 is 0 Å². The highest BCUT2D eigenvalue weighted by atomic mass is 19.1. The average Bonchev–Trinajstić information content (AvgIpc) is 3.00. The summed E-state index contributed by atoms with van der Waals surface area (Å²) >= 11 is 0. The van der Waals surface area contributed by atoms with Crippen molar-refractivity contribution in [2.45, 2.75) is 46.7 Å². The van der Waals surface area contributed by atoms with E-state index in [9.17, 15) is 14.3 Å². The second-order valence-corrected chi connectivity index (χ2v) is 8.92. The summed E-state index contributed by atoms with van der Waals surface area (Å²) in [4.78, 5) is 17.3. The van der Waals surface area contributed by atoms with Crippen molar-refractivity contribution >= 4 is 5.91 Å². The van der Waals surface area contributed by atoms with Crippen molar-refractivity contribution in [3.63, 3.8) is 0 Å². The van der Waals surface area contributed by atoms with E-state index in [4.69, 9.17) is 0 Å². The van der Waals surface area contributed by atoms with Crippen LogP contribution in [0.3, 0.4) is 0 Å². The highest BCUT2D eigenvalue weighted by molar-refractivity contribution is 5.84. The third-order valence-electron chi connectivity index (χ3n) is 6.95. The van der Waals surface area contributed by atoms with E-state index in [1.165, 1.54) is 12.1 Å². The first-order chi connectivity index (χ1) is 12.2. The minimum atomic E-state index is -0.231. The van der Waals surface area contributed by atoms with E-state index in [2.05, 4.69) is 32.6 Å². The number of carbonyl (C=O) groups excluding carboxylic acids is 1. The van der Waals surface area contributed by atoms with Gasteiger partial charge in [-0.3, -0.25) is 9.69 Å². The van der Waals surface area contributed by atoms with Crippen molar-refractivity contribution < 1.29 is 14.3 Å². The van der Waals surface area contributed by atoms with Gasteiger partial charge in [-0.2, -0.15) is 0 Å². The van der Waals surface area contributed by atoms with Gasteiger partial charge in [0.1, 0.15) is 5.82 Å². The third-order valence-corrected chi connectivity index (χ3v) is 6.95. The molecule has 1 aromatic carbocycles. The summed E-state index contributed by atoms with van der Waals surface area (Å²) in [5.41, 5.74) is 1.14. The molecule has 4 nitrogen and oxygen atoms in total. The van der Waals surface area contributed by atoms with E-state index in [-0.39, 0.29) is 41.1 Å². The lowest BCUT2D eigenvalue weighted by atomic mass is 10.0. The molecule has 2 aliphatic rings. The van der Waals surface area contributed by atoms with Crippen molar-refractivity contribution in [2.24, 2.45) is 16.7 Å². The van der Waals surface area contributed by atoms with Crippen LogP contribution >= 0.6 is 0 Å². The summed E-state index contributed by atoms with van der Waals surface area (Å²) in [6.07, 6.45) is 0.641. The fourth-order valence-corrected chi connectivity index (χ4v) is 4.54. The topological polar surface area (TPSA) is 43.8 Å². The number of nitrogens with zero attached hydrogens (tertiary/aromatic N) is 2. The largest absolute Gasteiger partial charge is 0.396 e. The van der Waals surface area contributed by atoms with E-state index in [1.54, 1.807) is 12.1 Å². The van der Waals surface area contributed by atoms with Gasteiger partial charge >= 0.3 is 0 Å². The molecule has 0 spiro atoms. The standard InChI is InChI=1S/C21H31FN2O2/c1-20(2)18(21(20,3)4)19(26)24-11-10-23(17(14-24)9-12-25)13-15-5-7-16(22)8-6-15/h5-8,17-18,25H,9-14H2,1-4H3/t17-/m0/s1. The molecule has 26 heavy (non-hydrogen) atoms. The van der Waals surface area contributed by atoms with Gasteiger partial charge in [0.15, 0.2) is 0 Å². The highest BCUT2D eigenvalue weighted by Crippen LogP contribution is 2.68. The Bertz CT molecular complexity index is 642. The summed E-state index contributed by atoms with van der Waals surface area (Å²) in [6, 6.07) is 6.70. The maximum absolute atomic E-state index is 13.1. The van der Waals surface area contributed by atoms with Crippen LogP contribution in [0.2, 0.25) is 0 Å². The zero-order valence-electron chi connectivity index (χ0n) is 16.3. The van der Waals surface area contributed by atoms with Crippen LogP contribution in [0.25, 0.3) is 0 Å². The molecule has 0 aromatic heterocycles. The molecule has 1 heterocycles. The minimum Gasteiger partial charge on any atom is -0.396 e. The molecule has 3 rings (SSSR count). The SMILES string of the molecule is CC1(C)C(C(=O)N2CCN(Cc3ccc(F)cc3)[C@@H](CCO)C2)C1(C)C. The monoisotopic (exact) mass is 362 g/mol. The summed E-state index contributed by atoms with van der Waals surface area (Å²) in [5.74, 6) is 0.100. The van der Waals surface area contributed by atoms with E-state index in [0.29, 0.717) is 26.1 Å². The Morgan fingerprint density at radius 1 is 1.15 bits per heavy atom. The quantitative estimate of drug-likeness (QED) is 0.876. The molecule has 1 saturated heterocycles. The first-order valence-corrected chi connectivity index (χ1v) is 9.56. The smallest absolute Gasteiger partial charge is 0.226 e. The van der Waals surface area contributed by atoms with Crippen molar-refractivity contribution in [2.75, 3.05) is 26.2 Å². The number of benzene rings is 1. The molecule has 144 valence electrons. The Morgan fingerprint density at radius 3 is 2.31 bits per heavy atom. The molecule has 1 atom stereocenters. The van der Waals surface area contributed by atoms with Crippen molar-refractivity contribution in [3.8, 4) is 0 Å². The number of amides is 1. The molecule has 1 saturated carbocycles. The Balaban J connectivity index is 1.66. The molecule has 0 unspecified atom stereocenters. The first kappa shape index (κ1) is 19.3. The van der Waals surface area contributed by atoms with Crippen LogP contribution in [0.15, 0.2) is 24.3 Å². The van der Waals surface area contributed by atoms with E-state index < -0.39 is 0 Å². The second-order valence-electron chi connectivity index (χ2n) is 8.92. The number of halogens is 1. The number of piperazine rings is 1. The summed E-state index contributed by atoms with van der Waals surface area (Å²) in [5, 5.41) is 9.47. The fraction of sp³-hybridized carbons (Fsp3) is 0.667. The van der Waals surface area contributed by atoms with Crippen molar-refractivity contribution in [1.82, 2.24) is 9.80 Å². The molecular formula is C21H31FN2O2. The van der Waals surface area contributed by atoms with Gasteiger partial charge in [0.05, 0.1) is 0 Å². The van der Waals surface area contributed by atoms with Crippen LogP contribution in [0.4, 0.5) is 4.39 Å². The zero-order valence-corrected chi connectivity index (χ0v) is 16.3. The van der Waals surface area contributed by atoms with Gasteiger partial charge in [-0.25, -0.2) is 4.39 Å². The lowest BCUT2D eigenvalue weighted by molar-refractivity contribution is -0.137. The normalized spacial score (nSPS) is 25.3. The van der Waals surface area contributed by atoms with Gasteiger partial charge in [-0.05, 0) is 34.9 Å². The first-order valence-electron chi connectivity index (χ1n) is 9.56. The van der Waals surface area contributed by atoms with Crippen LogP contribution in [0.5, 0.6) is 0 Å². The highest BCUT2D eigenvalue weighted by Gasteiger charge is 2.68. The van der Waals surface area contributed by atoms with E-state index in [0.717, 1.165) is 12.1 Å². The molecule has 1 amide bonds. The zero-order chi connectivity index (χ0) is 19.1. The van der Waals surface area contributed by atoms with Crippen molar-refractivity contribution in [1.29, 1.82) is 0 Å². The molecule has 5 heteroatoms. The maximum atomic E-state index is 13.1. The number of hydrogen-bond donors (Lipinski definition) is 1. The Kier molecular flexibility index (Phi) is 5.15. The van der Waals surface area contributed by atoms with Gasteiger partial charge in [0, 0.05) is 44.7 Å². The Morgan fingerprint density at radius 2 is 1.77 bits per heavy atom. The molecule has 2 fully saturated rings. The third kappa shape index (κ3) is 3.39. The Hall–Kier alpha value is -1.46. The van der Waals surface area contributed by atoms with E-state index in [1.807, 2.05) is 4.90 Å². The van der Waals surface area contributed by atoms with Crippen LogP contribution < -0.4 is 0 Å². The fourth-order valence-electron chi connectivity index (χ4n) is 4.54. The molecule has 1 aromatic rings. The van der Waals surface area contributed by atoms with Gasteiger partial charge in [-0.1, -0.05) is 39.8 Å². The minimum absolute atomic E-state index is 0.0435. The second kappa shape index (κ2) is 6.93. The molecule has 1 aliphatic carbocycles. The predicted octanol–water partition coefficient (Wildman–Crippen LogP) is 2.90. The number of carbonyl (C=O) groups is 1. The lowest BCUT2D eigenvalue weighted by Gasteiger charge is -2.42. The van der Waals surface area contributed by atoms with Crippen LogP contribution in [0, 0.1) is 22.6 Å². The molecule has 0 radical (unpaired) electrons. The molecule has 1 aliphatic heterocycles. The predicted molar refractivity (Wildman–Crippen MR) is 99.9 cm³/mol. The number of aliphatic hydroxyl groups is 1. The van der Waals surface area contributed by atoms with Gasteiger partial charge in [0.2, 0.25) is 5.91 Å². The van der Waals surface area contributed by atoms with Crippen molar-refractivity contribution in [3.05, 3.63) is 35.6 Å². The molecule has 1 N–H and O–H groups in total. The average molecular weight is 362 g/mol. The van der Waals surface area contributed by atoms with Crippen LogP contribution in [-0.4, -0.2) is 53.1 Å². The lowest BCUT2D eigenvalue weighted by Crippen LogP contribution is -2.55. The summed E-state index contributed by atoms with van der Waals surface area (Å²) in [7, 11) is 0. The number of aliphatic hydroxyl groups excluding tert-OH is 1. The maximum Gasteiger partial charge on any atom is 0.226 e. The Labute approximate surface area is 156 Å². The number of hydrogen-bond acceptors (Lipinski definition) is 3. The van der Waals surface area contributed by atoms with Crippen LogP contribution in [0.1, 0.15) is 39.7 Å². The van der Waals surface area contributed by atoms with Gasteiger partial charge in [-0.15, -0.1) is 0 Å². The summed E-state index contributed by atoms with van der Waals surface area (Å²) < 4.78 is 13.1. The molecule has 0 bridgehead atoms. The van der Waals surface area contributed by atoms with Gasteiger partial charge in [0.25, 0.3) is 0 Å². The number of rotatable bonds is 5. The van der Waals surface area contributed by atoms with Gasteiger partial charge < -0.3 is 10.0 Å². The molecular weight excluding hydrogens is 331 g/mol. The van der Waals surface area contributed by atoms with Crippen LogP contribution in [-0.2, 0) is 11.3 Å². The summed E-state index contributed by atoms with van der Waals surface area (Å²) in [6.45, 7) is 11.7.